The quantitative estimate of drug-likeness (QED) is 0.161. The molecule has 5 aromatic rings. The predicted octanol–water partition coefficient (Wildman–Crippen LogP) is 8.23. The van der Waals surface area contributed by atoms with Gasteiger partial charge in [0, 0.05) is 18.0 Å². The normalized spacial score (nSPS) is 13.8. The highest BCUT2D eigenvalue weighted by Gasteiger charge is 2.32. The van der Waals surface area contributed by atoms with E-state index in [0.717, 1.165) is 37.3 Å². The van der Waals surface area contributed by atoms with Crippen molar-refractivity contribution in [1.29, 1.82) is 0 Å². The van der Waals surface area contributed by atoms with Crippen molar-refractivity contribution >= 4 is 33.5 Å². The van der Waals surface area contributed by atoms with Gasteiger partial charge in [0.2, 0.25) is 0 Å². The van der Waals surface area contributed by atoms with Crippen LogP contribution in [0.3, 0.4) is 0 Å². The lowest BCUT2D eigenvalue weighted by molar-refractivity contribution is 0.0227. The van der Waals surface area contributed by atoms with E-state index in [2.05, 4.69) is 9.88 Å². The summed E-state index contributed by atoms with van der Waals surface area (Å²) in [5, 5.41) is 0.925. The summed E-state index contributed by atoms with van der Waals surface area (Å²) in [6, 6.07) is 22.6. The summed E-state index contributed by atoms with van der Waals surface area (Å²) < 4.78 is 40.3. The number of fused-ring (bicyclic) bond motifs is 3. The van der Waals surface area contributed by atoms with Crippen molar-refractivity contribution in [3.8, 4) is 0 Å². The SMILES string of the molecule is CC(C)(C)OC(=O)N1CCc2c(sc3ncnc(N(Cc4cccc(F)c4)[C@H](COCc4cccc(F)c4)c4ccccc4)c23)C1. The summed E-state index contributed by atoms with van der Waals surface area (Å²) in [6.07, 6.45) is 1.84. The number of nitrogens with zero attached hydrogens (tertiary/aromatic N) is 4. The molecule has 1 atom stereocenters. The number of thiophene rings is 1. The number of carbonyl (C=O) groups is 1. The summed E-state index contributed by atoms with van der Waals surface area (Å²) in [4.78, 5) is 28.1. The van der Waals surface area contributed by atoms with Crippen LogP contribution in [0.1, 0.15) is 53.9 Å². The number of rotatable bonds is 9. The topological polar surface area (TPSA) is 67.8 Å². The second-order valence-electron chi connectivity index (χ2n) is 12.4. The van der Waals surface area contributed by atoms with E-state index in [4.69, 9.17) is 14.5 Å². The first-order valence-electron chi connectivity index (χ1n) is 15.3. The Kier molecular flexibility index (Phi) is 9.28. The van der Waals surface area contributed by atoms with Crippen LogP contribution in [0.4, 0.5) is 19.4 Å². The molecule has 0 unspecified atom stereocenters. The minimum absolute atomic E-state index is 0.225. The smallest absolute Gasteiger partial charge is 0.410 e. The molecule has 0 aliphatic carbocycles. The standard InChI is InChI=1S/C36H36F2N4O3S/c1-36(2,3)45-35(43)41-16-15-29-31(20-41)46-34-32(29)33(39-23-40-34)42(19-24-9-7-13-27(37)17-24)30(26-11-5-4-6-12-26)22-44-21-25-10-8-14-28(38)18-25/h4-14,17-18,23,30H,15-16,19-22H2,1-3H3/t30-/m1/s1. The molecular weight excluding hydrogens is 606 g/mol. The van der Waals surface area contributed by atoms with Crippen LogP contribution in [0.15, 0.2) is 85.2 Å². The van der Waals surface area contributed by atoms with Crippen molar-refractivity contribution in [3.05, 3.63) is 124 Å². The van der Waals surface area contributed by atoms with E-state index in [9.17, 15) is 13.6 Å². The molecule has 1 aliphatic rings. The molecule has 0 bridgehead atoms. The fraction of sp³-hybridized carbons (Fsp3) is 0.306. The Balaban J connectivity index is 1.40. The Hall–Kier alpha value is -4.41. The predicted molar refractivity (Wildman–Crippen MR) is 176 cm³/mol. The number of halogens is 2. The summed E-state index contributed by atoms with van der Waals surface area (Å²) in [5.41, 5.74) is 3.01. The number of amides is 1. The lowest BCUT2D eigenvalue weighted by atomic mass is 10.0. The third-order valence-corrected chi connectivity index (χ3v) is 8.90. The van der Waals surface area contributed by atoms with Gasteiger partial charge in [0.1, 0.15) is 34.2 Å². The van der Waals surface area contributed by atoms with Crippen molar-refractivity contribution in [3.63, 3.8) is 0 Å². The van der Waals surface area contributed by atoms with Crippen LogP contribution >= 0.6 is 11.3 Å². The van der Waals surface area contributed by atoms with Crippen molar-refractivity contribution in [2.24, 2.45) is 0 Å². The van der Waals surface area contributed by atoms with Gasteiger partial charge in [0.05, 0.1) is 31.2 Å². The third-order valence-electron chi connectivity index (χ3n) is 7.78. The van der Waals surface area contributed by atoms with Crippen LogP contribution in [0.25, 0.3) is 10.2 Å². The van der Waals surface area contributed by atoms with Gasteiger partial charge < -0.3 is 19.3 Å². The van der Waals surface area contributed by atoms with Crippen LogP contribution in [0, 0.1) is 11.6 Å². The second-order valence-corrected chi connectivity index (χ2v) is 13.4. The van der Waals surface area contributed by atoms with Crippen LogP contribution < -0.4 is 4.90 Å². The zero-order valence-corrected chi connectivity index (χ0v) is 26.9. The maximum absolute atomic E-state index is 14.5. The Morgan fingerprint density at radius 3 is 2.41 bits per heavy atom. The van der Waals surface area contributed by atoms with Gasteiger partial charge in [-0.1, -0.05) is 54.6 Å². The zero-order valence-electron chi connectivity index (χ0n) is 26.1. The Labute approximate surface area is 271 Å². The molecule has 7 nitrogen and oxygen atoms in total. The van der Waals surface area contributed by atoms with Gasteiger partial charge in [0.15, 0.2) is 0 Å². The summed E-state index contributed by atoms with van der Waals surface area (Å²) in [6.45, 7) is 7.35. The molecule has 46 heavy (non-hydrogen) atoms. The molecule has 3 heterocycles. The Morgan fingerprint density at radius 1 is 0.978 bits per heavy atom. The summed E-state index contributed by atoms with van der Waals surface area (Å²) in [7, 11) is 0. The highest BCUT2D eigenvalue weighted by atomic mass is 32.1. The molecule has 2 aromatic heterocycles. The molecule has 238 valence electrons. The first kappa shape index (κ1) is 31.6. The Morgan fingerprint density at radius 2 is 1.70 bits per heavy atom. The Bertz CT molecular complexity index is 1830. The van der Waals surface area contributed by atoms with Gasteiger partial charge in [-0.25, -0.2) is 23.5 Å². The van der Waals surface area contributed by atoms with Crippen molar-refractivity contribution < 1.29 is 23.0 Å². The van der Waals surface area contributed by atoms with Gasteiger partial charge in [0.25, 0.3) is 0 Å². The molecule has 1 aliphatic heterocycles. The van der Waals surface area contributed by atoms with Gasteiger partial charge in [-0.2, -0.15) is 0 Å². The average molecular weight is 643 g/mol. The number of ether oxygens (including phenoxy) is 2. The molecule has 0 N–H and O–H groups in total. The monoisotopic (exact) mass is 642 g/mol. The molecule has 10 heteroatoms. The zero-order chi connectivity index (χ0) is 32.3. The van der Waals surface area contributed by atoms with Gasteiger partial charge in [-0.05, 0) is 73.7 Å². The molecular formula is C36H36F2N4O3S. The molecule has 0 saturated carbocycles. The van der Waals surface area contributed by atoms with E-state index in [1.165, 1.54) is 24.3 Å². The lowest BCUT2D eigenvalue weighted by Gasteiger charge is -2.34. The first-order valence-corrected chi connectivity index (χ1v) is 16.1. The van der Waals surface area contributed by atoms with Gasteiger partial charge in [-0.3, -0.25) is 0 Å². The third kappa shape index (κ3) is 7.35. The molecule has 1 amide bonds. The van der Waals surface area contributed by atoms with Crippen LogP contribution in [0.5, 0.6) is 0 Å². The molecule has 3 aromatic carbocycles. The fourth-order valence-corrected chi connectivity index (χ4v) is 6.93. The minimum atomic E-state index is -0.587. The average Bonchev–Trinajstić information content (AvgIpc) is 3.40. The number of benzene rings is 3. The van der Waals surface area contributed by atoms with Crippen LogP contribution in [0.2, 0.25) is 0 Å². The highest BCUT2D eigenvalue weighted by molar-refractivity contribution is 7.19. The largest absolute Gasteiger partial charge is 0.444 e. The summed E-state index contributed by atoms with van der Waals surface area (Å²) in [5.74, 6) is 0.0732. The van der Waals surface area contributed by atoms with Crippen molar-refractivity contribution in [1.82, 2.24) is 14.9 Å². The molecule has 6 rings (SSSR count). The first-order chi connectivity index (χ1) is 22.1. The van der Waals surface area contributed by atoms with E-state index in [1.807, 2.05) is 63.2 Å². The van der Waals surface area contributed by atoms with E-state index in [1.54, 1.807) is 34.7 Å². The van der Waals surface area contributed by atoms with Gasteiger partial charge in [-0.15, -0.1) is 11.3 Å². The number of hydrogen-bond donors (Lipinski definition) is 0. The highest BCUT2D eigenvalue weighted by Crippen LogP contribution is 2.41. The number of anilines is 1. The van der Waals surface area contributed by atoms with E-state index < -0.39 is 5.60 Å². The number of aromatic nitrogens is 2. The van der Waals surface area contributed by atoms with Crippen molar-refractivity contribution in [2.75, 3.05) is 18.1 Å². The van der Waals surface area contributed by atoms with Crippen molar-refractivity contribution in [2.45, 2.75) is 58.5 Å². The van der Waals surface area contributed by atoms with Crippen LogP contribution in [-0.4, -0.2) is 39.7 Å². The summed E-state index contributed by atoms with van der Waals surface area (Å²) >= 11 is 1.55. The maximum atomic E-state index is 14.5. The number of hydrogen-bond acceptors (Lipinski definition) is 7. The minimum Gasteiger partial charge on any atom is -0.444 e. The van der Waals surface area contributed by atoms with Crippen LogP contribution in [-0.2, 0) is 35.6 Å². The molecule has 0 radical (unpaired) electrons. The molecule has 0 saturated heterocycles. The van der Waals surface area contributed by atoms with Gasteiger partial charge >= 0.3 is 6.09 Å². The number of carbonyl (C=O) groups excluding carboxylic acids is 1. The second kappa shape index (κ2) is 13.5. The molecule has 0 fully saturated rings. The fourth-order valence-electron chi connectivity index (χ4n) is 5.73. The lowest BCUT2D eigenvalue weighted by Crippen LogP contribution is -2.39. The maximum Gasteiger partial charge on any atom is 0.410 e. The van der Waals surface area contributed by atoms with E-state index in [-0.39, 0.29) is 37.0 Å². The van der Waals surface area contributed by atoms with E-state index >= 15 is 0 Å². The van der Waals surface area contributed by atoms with E-state index in [0.29, 0.717) is 31.9 Å². The molecule has 0 spiro atoms.